The van der Waals surface area contributed by atoms with Crippen LogP contribution in [0.2, 0.25) is 0 Å². The van der Waals surface area contributed by atoms with Crippen LogP contribution in [0.25, 0.3) is 0 Å². The lowest BCUT2D eigenvalue weighted by atomic mass is 10.5. The molecule has 122 valence electrons. The second kappa shape index (κ2) is 9.22. The summed E-state index contributed by atoms with van der Waals surface area (Å²) in [6, 6.07) is 1.66. The van der Waals surface area contributed by atoms with E-state index in [4.69, 9.17) is 9.47 Å². The molecule has 0 aliphatic carbocycles. The van der Waals surface area contributed by atoms with Gasteiger partial charge in [-0.05, 0) is 42.8 Å². The van der Waals surface area contributed by atoms with Crippen LogP contribution in [0.5, 0.6) is 0 Å². The highest BCUT2D eigenvalue weighted by Gasteiger charge is 2.27. The number of aryl methyl sites for hydroxylation is 1. The third kappa shape index (κ3) is 5.61. The largest absolute Gasteiger partial charge is 0.380 e. The van der Waals surface area contributed by atoms with Crippen LogP contribution in [0.4, 0.5) is 0 Å². The fourth-order valence-electron chi connectivity index (χ4n) is 1.80. The molecule has 0 radical (unpaired) electrons. The first-order chi connectivity index (χ1) is 9.93. The minimum Gasteiger partial charge on any atom is -0.380 e. The van der Waals surface area contributed by atoms with E-state index >= 15 is 0 Å². The van der Waals surface area contributed by atoms with Crippen LogP contribution >= 0.6 is 27.3 Å². The van der Waals surface area contributed by atoms with Crippen molar-refractivity contribution in [2.45, 2.75) is 25.7 Å². The minimum atomic E-state index is -3.52. The molecule has 5 nitrogen and oxygen atoms in total. The Hall–Kier alpha value is 0.01000. The lowest BCUT2D eigenvalue weighted by Crippen LogP contribution is -2.36. The Labute approximate surface area is 139 Å². The minimum absolute atomic E-state index is 0.330. The average Bonchev–Trinajstić information content (AvgIpc) is 2.77. The molecule has 0 amide bonds. The van der Waals surface area contributed by atoms with E-state index in [-0.39, 0.29) is 0 Å². The summed E-state index contributed by atoms with van der Waals surface area (Å²) in [5, 5.41) is 0. The quantitative estimate of drug-likeness (QED) is 0.567. The topological polar surface area (TPSA) is 55.8 Å². The molecule has 0 aliphatic heterocycles. The van der Waals surface area contributed by atoms with Gasteiger partial charge in [0.15, 0.2) is 0 Å². The Bertz CT molecular complexity index is 520. The smallest absolute Gasteiger partial charge is 0.244 e. The first-order valence-corrected chi connectivity index (χ1v) is 9.90. The zero-order chi connectivity index (χ0) is 15.9. The molecule has 0 aliphatic rings. The van der Waals surface area contributed by atoms with E-state index < -0.39 is 10.0 Å². The van der Waals surface area contributed by atoms with Crippen LogP contribution in [0.1, 0.15) is 18.7 Å². The zero-order valence-corrected chi connectivity index (χ0v) is 15.8. The van der Waals surface area contributed by atoms with Crippen molar-refractivity contribution >= 4 is 37.3 Å². The molecule has 0 N–H and O–H groups in total. The highest BCUT2D eigenvalue weighted by molar-refractivity contribution is 9.11. The third-order valence-corrected chi connectivity index (χ3v) is 6.55. The fourth-order valence-corrected chi connectivity index (χ4v) is 5.59. The van der Waals surface area contributed by atoms with Gasteiger partial charge in [-0.3, -0.25) is 0 Å². The highest BCUT2D eigenvalue weighted by Crippen LogP contribution is 2.31. The van der Waals surface area contributed by atoms with E-state index in [0.29, 0.717) is 44.4 Å². The van der Waals surface area contributed by atoms with Crippen molar-refractivity contribution in [1.29, 1.82) is 0 Å². The Kier molecular flexibility index (Phi) is 8.36. The van der Waals surface area contributed by atoms with E-state index in [1.807, 2.05) is 20.8 Å². The highest BCUT2D eigenvalue weighted by atomic mass is 79.9. The molecular formula is C13H22BrNO4S2. The lowest BCUT2D eigenvalue weighted by Gasteiger charge is -2.22. The number of hydrogen-bond acceptors (Lipinski definition) is 5. The Morgan fingerprint density at radius 1 is 1.19 bits per heavy atom. The summed E-state index contributed by atoms with van der Waals surface area (Å²) >= 11 is 4.76. The monoisotopic (exact) mass is 399 g/mol. The van der Waals surface area contributed by atoms with E-state index in [1.165, 1.54) is 15.6 Å². The number of halogens is 1. The number of hydrogen-bond donors (Lipinski definition) is 0. The molecular weight excluding hydrogens is 378 g/mol. The Balaban J connectivity index is 2.90. The predicted molar refractivity (Wildman–Crippen MR) is 88.5 cm³/mol. The van der Waals surface area contributed by atoms with Crippen LogP contribution < -0.4 is 0 Å². The summed E-state index contributed by atoms with van der Waals surface area (Å²) in [6.07, 6.45) is 0. The molecule has 1 aromatic rings. The van der Waals surface area contributed by atoms with Crippen molar-refractivity contribution in [2.24, 2.45) is 0 Å². The molecule has 0 unspecified atom stereocenters. The molecule has 0 saturated heterocycles. The van der Waals surface area contributed by atoms with Gasteiger partial charge in [0.2, 0.25) is 10.0 Å². The number of nitrogens with zero attached hydrogens (tertiary/aromatic N) is 1. The lowest BCUT2D eigenvalue weighted by molar-refractivity contribution is 0.110. The van der Waals surface area contributed by atoms with Crippen molar-refractivity contribution < 1.29 is 17.9 Å². The SMILES string of the molecule is CCOCCN(CCOCC)S(=O)(=O)c1cc(Br)sc1C. The first-order valence-electron chi connectivity index (χ1n) is 6.85. The summed E-state index contributed by atoms with van der Waals surface area (Å²) in [5.41, 5.74) is 0. The zero-order valence-electron chi connectivity index (χ0n) is 12.6. The van der Waals surface area contributed by atoms with E-state index in [0.717, 1.165) is 8.66 Å². The van der Waals surface area contributed by atoms with Gasteiger partial charge in [-0.1, -0.05) is 0 Å². The fraction of sp³-hybridized carbons (Fsp3) is 0.692. The second-order valence-electron chi connectivity index (χ2n) is 4.27. The maximum Gasteiger partial charge on any atom is 0.244 e. The van der Waals surface area contributed by atoms with Gasteiger partial charge in [0, 0.05) is 31.2 Å². The van der Waals surface area contributed by atoms with E-state index in [2.05, 4.69) is 15.9 Å². The maximum atomic E-state index is 12.8. The van der Waals surface area contributed by atoms with E-state index in [9.17, 15) is 8.42 Å². The molecule has 21 heavy (non-hydrogen) atoms. The standard InChI is InChI=1S/C13H22BrNO4S2/c1-4-18-8-6-15(7-9-19-5-2)21(16,17)12-10-13(14)20-11(12)3/h10H,4-9H2,1-3H3. The van der Waals surface area contributed by atoms with Crippen molar-refractivity contribution in [3.63, 3.8) is 0 Å². The van der Waals surface area contributed by atoms with Gasteiger partial charge in [0.1, 0.15) is 0 Å². The molecule has 8 heteroatoms. The van der Waals surface area contributed by atoms with Crippen LogP contribution in [0.3, 0.4) is 0 Å². The average molecular weight is 400 g/mol. The Morgan fingerprint density at radius 2 is 1.71 bits per heavy atom. The predicted octanol–water partition coefficient (Wildman–Crippen LogP) is 2.88. The van der Waals surface area contributed by atoms with Crippen LogP contribution in [-0.4, -0.2) is 52.2 Å². The molecule has 1 heterocycles. The van der Waals surface area contributed by atoms with Crippen molar-refractivity contribution in [3.8, 4) is 0 Å². The van der Waals surface area contributed by atoms with Gasteiger partial charge < -0.3 is 9.47 Å². The summed E-state index contributed by atoms with van der Waals surface area (Å²) in [4.78, 5) is 1.13. The van der Waals surface area contributed by atoms with E-state index in [1.54, 1.807) is 6.07 Å². The van der Waals surface area contributed by atoms with Crippen molar-refractivity contribution in [2.75, 3.05) is 39.5 Å². The number of sulfonamides is 1. The van der Waals surface area contributed by atoms with Gasteiger partial charge in [-0.15, -0.1) is 11.3 Å². The molecule has 0 fully saturated rings. The summed E-state index contributed by atoms with van der Waals surface area (Å²) in [5.74, 6) is 0. The van der Waals surface area contributed by atoms with Gasteiger partial charge in [-0.25, -0.2) is 8.42 Å². The number of ether oxygens (including phenoxy) is 2. The van der Waals surface area contributed by atoms with Gasteiger partial charge >= 0.3 is 0 Å². The van der Waals surface area contributed by atoms with Gasteiger partial charge in [0.05, 0.1) is 21.9 Å². The maximum absolute atomic E-state index is 12.8. The molecule has 0 aromatic carbocycles. The van der Waals surface area contributed by atoms with Crippen LogP contribution in [0.15, 0.2) is 14.7 Å². The Morgan fingerprint density at radius 3 is 2.10 bits per heavy atom. The van der Waals surface area contributed by atoms with Crippen LogP contribution in [-0.2, 0) is 19.5 Å². The third-order valence-electron chi connectivity index (χ3n) is 2.84. The van der Waals surface area contributed by atoms with Gasteiger partial charge in [-0.2, -0.15) is 4.31 Å². The molecule has 1 rings (SSSR count). The number of thiophene rings is 1. The van der Waals surface area contributed by atoms with Gasteiger partial charge in [0.25, 0.3) is 0 Å². The van der Waals surface area contributed by atoms with Crippen molar-refractivity contribution in [3.05, 3.63) is 14.7 Å². The second-order valence-corrected chi connectivity index (χ2v) is 8.81. The number of rotatable bonds is 10. The van der Waals surface area contributed by atoms with Crippen LogP contribution in [0, 0.1) is 6.92 Å². The van der Waals surface area contributed by atoms with Crippen molar-refractivity contribution in [1.82, 2.24) is 4.31 Å². The molecule has 0 saturated carbocycles. The molecule has 0 atom stereocenters. The normalized spacial score (nSPS) is 12.2. The summed E-state index contributed by atoms with van der Waals surface area (Å²) in [6.45, 7) is 8.15. The summed E-state index contributed by atoms with van der Waals surface area (Å²) < 4.78 is 38.3. The molecule has 1 aromatic heterocycles. The summed E-state index contributed by atoms with van der Waals surface area (Å²) in [7, 11) is -3.52. The first kappa shape index (κ1) is 19.1. The molecule has 0 spiro atoms. The molecule has 0 bridgehead atoms.